The third-order valence-corrected chi connectivity index (χ3v) is 3.35. The fourth-order valence-electron chi connectivity index (χ4n) is 2.12. The van der Waals surface area contributed by atoms with Gasteiger partial charge in [-0.1, -0.05) is 13.0 Å². The predicted molar refractivity (Wildman–Crippen MR) is 83.7 cm³/mol. The van der Waals surface area contributed by atoms with Crippen LogP contribution in [0.25, 0.3) is 5.57 Å². The summed E-state index contributed by atoms with van der Waals surface area (Å²) in [5.41, 5.74) is 2.38. The number of carbonyl (C=O) groups excluding carboxylic acids is 1. The lowest BCUT2D eigenvalue weighted by Gasteiger charge is -2.22. The monoisotopic (exact) mass is 297 g/mol. The number of benzene rings is 1. The van der Waals surface area contributed by atoms with Gasteiger partial charge >= 0.3 is 0 Å². The summed E-state index contributed by atoms with van der Waals surface area (Å²) in [6.07, 6.45) is 2.95. The quantitative estimate of drug-likeness (QED) is 0.726. The molecule has 1 atom stereocenters. The van der Waals surface area contributed by atoms with Crippen LogP contribution in [0.3, 0.4) is 0 Å². The minimum atomic E-state index is -0.317. The molecule has 0 radical (unpaired) electrons. The zero-order valence-electron chi connectivity index (χ0n) is 12.4. The van der Waals surface area contributed by atoms with Gasteiger partial charge in [-0.2, -0.15) is 0 Å². The zero-order chi connectivity index (χ0) is 15.3. The number of rotatable bonds is 5. The molecule has 0 aliphatic carbocycles. The molecule has 0 aliphatic rings. The van der Waals surface area contributed by atoms with Crippen molar-refractivity contribution in [3.05, 3.63) is 35.7 Å². The average Bonchev–Trinajstić information content (AvgIpc) is 2.42. The number of hydrogen-bond donors (Lipinski definition) is 0. The Morgan fingerprint density at radius 2 is 2.15 bits per heavy atom. The third kappa shape index (κ3) is 4.07. The molecule has 1 aromatic carbocycles. The number of hydrogen-bond acceptors (Lipinski definition) is 1. The molecular formula is C16H21ClFNO. The Morgan fingerprint density at radius 3 is 2.65 bits per heavy atom. The van der Waals surface area contributed by atoms with Crippen molar-refractivity contribution in [2.24, 2.45) is 0 Å². The van der Waals surface area contributed by atoms with E-state index in [2.05, 4.69) is 0 Å². The topological polar surface area (TPSA) is 20.3 Å². The van der Waals surface area contributed by atoms with Crippen molar-refractivity contribution in [3.63, 3.8) is 0 Å². The Hall–Kier alpha value is -1.35. The van der Waals surface area contributed by atoms with E-state index in [1.165, 1.54) is 12.1 Å². The van der Waals surface area contributed by atoms with E-state index in [9.17, 15) is 9.18 Å². The molecule has 0 heterocycles. The van der Waals surface area contributed by atoms with E-state index in [4.69, 9.17) is 11.6 Å². The molecule has 0 saturated heterocycles. The van der Waals surface area contributed by atoms with Crippen LogP contribution >= 0.6 is 11.6 Å². The molecular weight excluding hydrogens is 277 g/mol. The highest BCUT2D eigenvalue weighted by Gasteiger charge is 2.17. The van der Waals surface area contributed by atoms with Gasteiger partial charge in [-0.3, -0.25) is 4.79 Å². The van der Waals surface area contributed by atoms with Gasteiger partial charge in [0.05, 0.1) is 5.69 Å². The van der Waals surface area contributed by atoms with Crippen molar-refractivity contribution in [2.75, 3.05) is 11.9 Å². The first-order valence-electron chi connectivity index (χ1n) is 6.76. The summed E-state index contributed by atoms with van der Waals surface area (Å²) in [5, 5.41) is -0.0514. The highest BCUT2D eigenvalue weighted by molar-refractivity contribution is 6.21. The van der Waals surface area contributed by atoms with Crippen molar-refractivity contribution in [1.82, 2.24) is 0 Å². The number of amides is 1. The Kier molecular flexibility index (Phi) is 6.21. The van der Waals surface area contributed by atoms with Gasteiger partial charge in [-0.15, -0.1) is 11.6 Å². The molecule has 0 N–H and O–H groups in total. The van der Waals surface area contributed by atoms with Gasteiger partial charge in [0.25, 0.3) is 0 Å². The minimum absolute atomic E-state index is 0.00719. The number of allylic oxidation sites excluding steroid dienone is 2. The SMILES string of the molecule is C/C=C(\CC(C)Cl)c1cc(F)ccc1N(C)C(=O)CC. The molecule has 1 aromatic rings. The zero-order valence-corrected chi connectivity index (χ0v) is 13.2. The van der Waals surface area contributed by atoms with Crippen molar-refractivity contribution < 1.29 is 9.18 Å². The molecule has 0 saturated carbocycles. The van der Waals surface area contributed by atoms with E-state index in [0.29, 0.717) is 18.5 Å². The molecule has 1 rings (SSSR count). The van der Waals surface area contributed by atoms with Gasteiger partial charge in [0.2, 0.25) is 5.91 Å². The van der Waals surface area contributed by atoms with E-state index in [1.54, 1.807) is 24.9 Å². The fourth-order valence-corrected chi connectivity index (χ4v) is 2.28. The number of carbonyl (C=O) groups is 1. The normalized spacial score (nSPS) is 13.2. The fraction of sp³-hybridized carbons (Fsp3) is 0.438. The maximum Gasteiger partial charge on any atom is 0.226 e. The molecule has 0 aliphatic heterocycles. The Morgan fingerprint density at radius 1 is 1.50 bits per heavy atom. The van der Waals surface area contributed by atoms with Crippen molar-refractivity contribution in [1.29, 1.82) is 0 Å². The van der Waals surface area contributed by atoms with Crippen molar-refractivity contribution >= 4 is 28.8 Å². The van der Waals surface area contributed by atoms with E-state index in [-0.39, 0.29) is 17.1 Å². The van der Waals surface area contributed by atoms with Crippen LogP contribution < -0.4 is 4.90 Å². The summed E-state index contributed by atoms with van der Waals surface area (Å²) in [4.78, 5) is 13.4. The molecule has 2 nitrogen and oxygen atoms in total. The molecule has 1 amide bonds. The second-order valence-electron chi connectivity index (χ2n) is 4.77. The number of nitrogens with zero attached hydrogens (tertiary/aromatic N) is 1. The molecule has 1 unspecified atom stereocenters. The lowest BCUT2D eigenvalue weighted by Crippen LogP contribution is -2.26. The first-order chi connectivity index (χ1) is 9.40. The second kappa shape index (κ2) is 7.44. The van der Waals surface area contributed by atoms with Gasteiger partial charge in [-0.05, 0) is 44.0 Å². The van der Waals surface area contributed by atoms with Crippen LogP contribution in [-0.2, 0) is 4.79 Å². The summed E-state index contributed by atoms with van der Waals surface area (Å²) >= 11 is 6.05. The smallest absolute Gasteiger partial charge is 0.226 e. The molecule has 110 valence electrons. The summed E-state index contributed by atoms with van der Waals surface area (Å²) in [5.74, 6) is -0.324. The molecule has 4 heteroatoms. The average molecular weight is 298 g/mol. The maximum atomic E-state index is 13.6. The van der Waals surface area contributed by atoms with Gasteiger partial charge < -0.3 is 4.90 Å². The molecule has 20 heavy (non-hydrogen) atoms. The first kappa shape index (κ1) is 16.7. The van der Waals surface area contributed by atoms with Crippen LogP contribution in [0.1, 0.15) is 39.2 Å². The molecule has 0 bridgehead atoms. The highest BCUT2D eigenvalue weighted by atomic mass is 35.5. The van der Waals surface area contributed by atoms with E-state index in [0.717, 1.165) is 11.1 Å². The second-order valence-corrected chi connectivity index (χ2v) is 5.51. The third-order valence-electron chi connectivity index (χ3n) is 3.19. The van der Waals surface area contributed by atoms with Crippen LogP contribution in [-0.4, -0.2) is 18.3 Å². The van der Waals surface area contributed by atoms with Crippen molar-refractivity contribution in [3.8, 4) is 0 Å². The lowest BCUT2D eigenvalue weighted by molar-refractivity contribution is -0.118. The van der Waals surface area contributed by atoms with E-state index >= 15 is 0 Å². The maximum absolute atomic E-state index is 13.6. The Labute approximate surface area is 125 Å². The van der Waals surface area contributed by atoms with E-state index < -0.39 is 0 Å². The van der Waals surface area contributed by atoms with Gasteiger partial charge in [0.1, 0.15) is 5.82 Å². The van der Waals surface area contributed by atoms with Crippen LogP contribution in [0.15, 0.2) is 24.3 Å². The van der Waals surface area contributed by atoms with E-state index in [1.807, 2.05) is 19.9 Å². The highest BCUT2D eigenvalue weighted by Crippen LogP contribution is 2.31. The van der Waals surface area contributed by atoms with Crippen LogP contribution in [0, 0.1) is 5.82 Å². The van der Waals surface area contributed by atoms with Gasteiger partial charge in [-0.25, -0.2) is 4.39 Å². The van der Waals surface area contributed by atoms with Crippen LogP contribution in [0.5, 0.6) is 0 Å². The van der Waals surface area contributed by atoms with Crippen LogP contribution in [0.2, 0.25) is 0 Å². The van der Waals surface area contributed by atoms with Gasteiger partial charge in [0.15, 0.2) is 0 Å². The summed E-state index contributed by atoms with van der Waals surface area (Å²) in [6.45, 7) is 5.59. The Balaban J connectivity index is 3.29. The van der Waals surface area contributed by atoms with Crippen molar-refractivity contribution in [2.45, 2.75) is 39.0 Å². The molecule has 0 aromatic heterocycles. The number of halogens is 2. The van der Waals surface area contributed by atoms with Gasteiger partial charge in [0, 0.05) is 24.4 Å². The summed E-state index contributed by atoms with van der Waals surface area (Å²) in [7, 11) is 1.71. The lowest BCUT2D eigenvalue weighted by atomic mass is 9.98. The largest absolute Gasteiger partial charge is 0.315 e. The van der Waals surface area contributed by atoms with Crippen LogP contribution in [0.4, 0.5) is 10.1 Å². The summed E-state index contributed by atoms with van der Waals surface area (Å²) in [6, 6.07) is 4.47. The Bertz CT molecular complexity index is 511. The predicted octanol–water partition coefficient (Wildman–Crippen LogP) is 4.62. The molecule has 0 spiro atoms. The first-order valence-corrected chi connectivity index (χ1v) is 7.20. The minimum Gasteiger partial charge on any atom is -0.315 e. The summed E-state index contributed by atoms with van der Waals surface area (Å²) < 4.78 is 13.6. The number of anilines is 1. The number of alkyl halides is 1. The molecule has 0 fully saturated rings. The standard InChI is InChI=1S/C16H21ClFNO/c1-5-12(9-11(3)17)14-10-13(18)7-8-15(14)19(4)16(20)6-2/h5,7-8,10-11H,6,9H2,1-4H3/b12-5+.